The number of morpholine rings is 1. The van der Waals surface area contributed by atoms with E-state index in [0.29, 0.717) is 13.2 Å². The van der Waals surface area contributed by atoms with Crippen LogP contribution in [0.3, 0.4) is 0 Å². The van der Waals surface area contributed by atoms with Crippen molar-refractivity contribution in [1.29, 1.82) is 5.41 Å². The van der Waals surface area contributed by atoms with Crippen molar-refractivity contribution in [1.82, 2.24) is 14.6 Å². The summed E-state index contributed by atoms with van der Waals surface area (Å²) in [5.74, 6) is 0.916. The minimum absolute atomic E-state index is 0.0568. The minimum atomic E-state index is -0.361. The van der Waals surface area contributed by atoms with Crippen molar-refractivity contribution >= 4 is 17.2 Å². The predicted molar refractivity (Wildman–Crippen MR) is 71.6 cm³/mol. The van der Waals surface area contributed by atoms with E-state index in [1.165, 1.54) is 0 Å². The number of nitrogens with two attached hydrogens (primary N) is 1. The van der Waals surface area contributed by atoms with E-state index < -0.39 is 0 Å². The summed E-state index contributed by atoms with van der Waals surface area (Å²) in [4.78, 5) is 6.53. The van der Waals surface area contributed by atoms with E-state index in [0.717, 1.165) is 23.6 Å². The molecule has 7 nitrogen and oxygen atoms in total. The summed E-state index contributed by atoms with van der Waals surface area (Å²) in [6.07, 6.45) is 3.20. The Bertz CT molecular complexity index is 622. The third-order valence-electron chi connectivity index (χ3n) is 3.20. The summed E-state index contributed by atoms with van der Waals surface area (Å²) in [5, 5.41) is 11.9. The lowest BCUT2D eigenvalue weighted by Crippen LogP contribution is -2.48. The number of amidine groups is 1. The fourth-order valence-corrected chi connectivity index (χ4v) is 2.30. The van der Waals surface area contributed by atoms with E-state index in [-0.39, 0.29) is 11.9 Å². The molecule has 3 heterocycles. The van der Waals surface area contributed by atoms with Crippen LogP contribution in [-0.2, 0) is 4.74 Å². The highest BCUT2D eigenvalue weighted by Gasteiger charge is 2.25. The molecular formula is C12H16N6O. The number of anilines is 1. The molecule has 0 aromatic carbocycles. The summed E-state index contributed by atoms with van der Waals surface area (Å²) < 4.78 is 7.28. The number of rotatable bonds is 2. The van der Waals surface area contributed by atoms with Crippen LogP contribution in [0, 0.1) is 12.3 Å². The number of fused-ring (bicyclic) bond motifs is 1. The van der Waals surface area contributed by atoms with Gasteiger partial charge in [0.15, 0.2) is 5.82 Å². The Balaban J connectivity index is 1.97. The molecule has 19 heavy (non-hydrogen) atoms. The van der Waals surface area contributed by atoms with E-state index >= 15 is 0 Å². The largest absolute Gasteiger partial charge is 0.385 e. The van der Waals surface area contributed by atoms with Crippen LogP contribution in [0.2, 0.25) is 0 Å². The fraction of sp³-hybridized carbons (Fsp3) is 0.417. The van der Waals surface area contributed by atoms with Crippen molar-refractivity contribution in [2.45, 2.75) is 13.0 Å². The third-order valence-corrected chi connectivity index (χ3v) is 3.20. The van der Waals surface area contributed by atoms with Gasteiger partial charge < -0.3 is 15.4 Å². The number of hydrogen-bond acceptors (Lipinski definition) is 5. The number of aromatic nitrogens is 3. The molecule has 0 spiro atoms. The van der Waals surface area contributed by atoms with Crippen molar-refractivity contribution in [3.8, 4) is 0 Å². The van der Waals surface area contributed by atoms with Crippen LogP contribution in [0.15, 0.2) is 18.5 Å². The summed E-state index contributed by atoms with van der Waals surface area (Å²) in [5.41, 5.74) is 7.43. The standard InChI is InChI=1S/C12H16N6O/c1-8-6-9-12(15-2-3-18(9)16-8)17-4-5-19-10(7-17)11(13)14/h2-3,6,10H,4-5,7H2,1H3,(H3,13,14). The van der Waals surface area contributed by atoms with Crippen molar-refractivity contribution in [2.75, 3.05) is 24.6 Å². The normalized spacial score (nSPS) is 19.8. The topological polar surface area (TPSA) is 92.5 Å². The summed E-state index contributed by atoms with van der Waals surface area (Å²) in [7, 11) is 0. The highest BCUT2D eigenvalue weighted by Crippen LogP contribution is 2.21. The van der Waals surface area contributed by atoms with Gasteiger partial charge in [-0.05, 0) is 13.0 Å². The second-order valence-corrected chi connectivity index (χ2v) is 4.63. The van der Waals surface area contributed by atoms with E-state index in [1.54, 1.807) is 6.20 Å². The lowest BCUT2D eigenvalue weighted by atomic mass is 10.2. The number of nitrogens with zero attached hydrogens (tertiary/aromatic N) is 4. The molecule has 0 radical (unpaired) electrons. The van der Waals surface area contributed by atoms with Gasteiger partial charge in [-0.3, -0.25) is 5.41 Å². The van der Waals surface area contributed by atoms with E-state index in [9.17, 15) is 0 Å². The van der Waals surface area contributed by atoms with Crippen molar-refractivity contribution < 1.29 is 4.74 Å². The van der Waals surface area contributed by atoms with Crippen LogP contribution in [0.4, 0.5) is 5.82 Å². The van der Waals surface area contributed by atoms with Crippen molar-refractivity contribution in [2.24, 2.45) is 5.73 Å². The lowest BCUT2D eigenvalue weighted by Gasteiger charge is -2.33. The van der Waals surface area contributed by atoms with Gasteiger partial charge in [0.1, 0.15) is 17.5 Å². The summed E-state index contributed by atoms with van der Waals surface area (Å²) in [6, 6.07) is 2.00. The third kappa shape index (κ3) is 2.12. The van der Waals surface area contributed by atoms with Crippen LogP contribution >= 0.6 is 0 Å². The molecule has 7 heteroatoms. The van der Waals surface area contributed by atoms with Gasteiger partial charge >= 0.3 is 0 Å². The molecule has 100 valence electrons. The van der Waals surface area contributed by atoms with Gasteiger partial charge in [-0.15, -0.1) is 0 Å². The van der Waals surface area contributed by atoms with Gasteiger partial charge in [-0.1, -0.05) is 0 Å². The minimum Gasteiger partial charge on any atom is -0.385 e. The average molecular weight is 260 g/mol. The Morgan fingerprint density at radius 2 is 2.42 bits per heavy atom. The average Bonchev–Trinajstić information content (AvgIpc) is 2.78. The molecule has 0 aliphatic carbocycles. The molecule has 1 saturated heterocycles. The van der Waals surface area contributed by atoms with Gasteiger partial charge in [0.05, 0.1) is 18.8 Å². The van der Waals surface area contributed by atoms with E-state index in [1.807, 2.05) is 23.7 Å². The van der Waals surface area contributed by atoms with Crippen molar-refractivity contribution in [3.05, 3.63) is 24.2 Å². The lowest BCUT2D eigenvalue weighted by molar-refractivity contribution is 0.0824. The Kier molecular flexibility index (Phi) is 2.83. The maximum atomic E-state index is 7.50. The number of hydrogen-bond donors (Lipinski definition) is 2. The van der Waals surface area contributed by atoms with E-state index in [2.05, 4.69) is 15.0 Å². The molecule has 1 aliphatic heterocycles. The molecule has 2 aromatic rings. The maximum Gasteiger partial charge on any atom is 0.154 e. The highest BCUT2D eigenvalue weighted by molar-refractivity contribution is 5.83. The molecule has 0 saturated carbocycles. The first-order valence-electron chi connectivity index (χ1n) is 6.16. The van der Waals surface area contributed by atoms with Crippen LogP contribution in [0.1, 0.15) is 5.69 Å². The SMILES string of the molecule is Cc1cc2c(N3CCOC(C(=N)N)C3)nccn2n1. The zero-order valence-electron chi connectivity index (χ0n) is 10.7. The van der Waals surface area contributed by atoms with E-state index in [4.69, 9.17) is 15.9 Å². The molecular weight excluding hydrogens is 244 g/mol. The quantitative estimate of drug-likeness (QED) is 0.593. The molecule has 3 N–H and O–H groups in total. The summed E-state index contributed by atoms with van der Waals surface area (Å²) >= 11 is 0. The van der Waals surface area contributed by atoms with Crippen molar-refractivity contribution in [3.63, 3.8) is 0 Å². The molecule has 1 atom stereocenters. The van der Waals surface area contributed by atoms with Gasteiger partial charge in [0.2, 0.25) is 0 Å². The first-order chi connectivity index (χ1) is 9.15. The van der Waals surface area contributed by atoms with Gasteiger partial charge in [-0.25, -0.2) is 9.50 Å². The smallest absolute Gasteiger partial charge is 0.154 e. The maximum absolute atomic E-state index is 7.50. The number of ether oxygens (including phenoxy) is 1. The van der Waals surface area contributed by atoms with Gasteiger partial charge in [0, 0.05) is 18.9 Å². The van der Waals surface area contributed by atoms with Gasteiger partial charge in [-0.2, -0.15) is 5.10 Å². The van der Waals surface area contributed by atoms with Crippen LogP contribution in [0.5, 0.6) is 0 Å². The molecule has 0 bridgehead atoms. The Morgan fingerprint density at radius 1 is 1.58 bits per heavy atom. The van der Waals surface area contributed by atoms with Crippen LogP contribution in [0.25, 0.3) is 5.52 Å². The molecule has 0 amide bonds. The monoisotopic (exact) mass is 260 g/mol. The first-order valence-corrected chi connectivity index (χ1v) is 6.16. The Labute approximate surface area is 110 Å². The second-order valence-electron chi connectivity index (χ2n) is 4.63. The fourth-order valence-electron chi connectivity index (χ4n) is 2.30. The Morgan fingerprint density at radius 3 is 3.21 bits per heavy atom. The number of aryl methyl sites for hydroxylation is 1. The number of nitrogens with one attached hydrogen (secondary N) is 1. The molecule has 1 fully saturated rings. The first kappa shape index (κ1) is 11.9. The molecule has 3 rings (SSSR count). The van der Waals surface area contributed by atoms with Crippen LogP contribution in [-0.4, -0.2) is 46.2 Å². The molecule has 2 aromatic heterocycles. The second kappa shape index (κ2) is 4.51. The zero-order chi connectivity index (χ0) is 13.4. The summed E-state index contributed by atoms with van der Waals surface area (Å²) in [6.45, 7) is 3.78. The molecule has 1 aliphatic rings. The molecule has 1 unspecified atom stereocenters. The van der Waals surface area contributed by atoms with Crippen LogP contribution < -0.4 is 10.6 Å². The Hall–Kier alpha value is -2.15. The zero-order valence-corrected chi connectivity index (χ0v) is 10.7. The van der Waals surface area contributed by atoms with Gasteiger partial charge in [0.25, 0.3) is 0 Å². The highest BCUT2D eigenvalue weighted by atomic mass is 16.5. The predicted octanol–water partition coefficient (Wildman–Crippen LogP) is 0.179.